The lowest BCUT2D eigenvalue weighted by atomic mass is 9.88. The van der Waals surface area contributed by atoms with Crippen molar-refractivity contribution in [3.63, 3.8) is 0 Å². The summed E-state index contributed by atoms with van der Waals surface area (Å²) in [5, 5.41) is 14.0. The van der Waals surface area contributed by atoms with E-state index in [0.29, 0.717) is 25.3 Å². The summed E-state index contributed by atoms with van der Waals surface area (Å²) in [5.74, 6) is -0.159. The van der Waals surface area contributed by atoms with E-state index in [-0.39, 0.29) is 24.1 Å². The van der Waals surface area contributed by atoms with E-state index in [1.54, 1.807) is 0 Å². The van der Waals surface area contributed by atoms with Gasteiger partial charge >= 0.3 is 0 Å². The number of carbonyl (C=O) groups excluding carboxylic acids is 1. The van der Waals surface area contributed by atoms with Crippen LogP contribution in [0, 0.1) is 0 Å². The van der Waals surface area contributed by atoms with E-state index in [4.69, 9.17) is 9.47 Å². The highest BCUT2D eigenvalue weighted by atomic mass is 16.5. The summed E-state index contributed by atoms with van der Waals surface area (Å²) in [6, 6.07) is 0.578. The van der Waals surface area contributed by atoms with Gasteiger partial charge in [0.25, 0.3) is 0 Å². The largest absolute Gasteiger partial charge is 0.382 e. The Balaban J connectivity index is 1.75. The molecule has 2 fully saturated rings. The second-order valence-corrected chi connectivity index (χ2v) is 8.02. The minimum Gasteiger partial charge on any atom is -0.382 e. The Morgan fingerprint density at radius 2 is 1.63 bits per heavy atom. The molecule has 2 aliphatic heterocycles. The summed E-state index contributed by atoms with van der Waals surface area (Å²) in [5.41, 5.74) is -1.24. The molecule has 0 amide bonds. The molecule has 0 aromatic carbocycles. The molecular weight excluding hydrogens is 342 g/mol. The second kappa shape index (κ2) is 10.7. The lowest BCUT2D eigenvalue weighted by molar-refractivity contribution is -0.148. The Morgan fingerprint density at radius 3 is 2.22 bits per heavy atom. The first kappa shape index (κ1) is 22.5. The van der Waals surface area contributed by atoms with Crippen molar-refractivity contribution in [2.24, 2.45) is 0 Å². The molecule has 2 saturated heterocycles. The zero-order chi connectivity index (χ0) is 19.9. The molecule has 0 radical (unpaired) electrons. The predicted octanol–water partition coefficient (Wildman–Crippen LogP) is 3.54. The highest BCUT2D eigenvalue weighted by Crippen LogP contribution is 2.29. The molecule has 2 N–H and O–H groups in total. The van der Waals surface area contributed by atoms with Crippen LogP contribution in [-0.2, 0) is 14.3 Å². The molecule has 2 rings (SSSR count). The van der Waals surface area contributed by atoms with E-state index in [1.807, 2.05) is 19.9 Å². The van der Waals surface area contributed by atoms with Crippen LogP contribution in [0.25, 0.3) is 0 Å². The average Bonchev–Trinajstić information content (AvgIpc) is 3.35. The van der Waals surface area contributed by atoms with E-state index in [9.17, 15) is 9.90 Å². The van der Waals surface area contributed by atoms with Gasteiger partial charge in [-0.05, 0) is 51.4 Å². The van der Waals surface area contributed by atoms with Gasteiger partial charge in [0.05, 0.1) is 18.3 Å². The van der Waals surface area contributed by atoms with E-state index in [0.717, 1.165) is 38.6 Å². The average molecular weight is 382 g/mol. The number of rotatable bonds is 11. The van der Waals surface area contributed by atoms with Gasteiger partial charge in [-0.25, -0.2) is 0 Å². The number of ketones is 1. The van der Waals surface area contributed by atoms with Gasteiger partial charge in [-0.15, -0.1) is 0 Å². The van der Waals surface area contributed by atoms with Gasteiger partial charge in [-0.3, -0.25) is 4.79 Å². The molecular formula is C22H39NO4. The van der Waals surface area contributed by atoms with Crippen molar-refractivity contribution < 1.29 is 19.4 Å². The minimum atomic E-state index is -1.24. The SMILES string of the molecule is CCC(CC)NCC1CCC(C=CC2CCC(C(=O)C(O)(CC)CC)O2)O1. The van der Waals surface area contributed by atoms with Crippen LogP contribution in [0.5, 0.6) is 0 Å². The molecule has 0 bridgehead atoms. The number of Topliss-reactive ketones (excluding diaryl/α,β-unsaturated/α-hetero) is 1. The molecule has 156 valence electrons. The number of nitrogens with one attached hydrogen (secondary N) is 1. The maximum Gasteiger partial charge on any atom is 0.192 e. The van der Waals surface area contributed by atoms with Gasteiger partial charge < -0.3 is 19.9 Å². The quantitative estimate of drug-likeness (QED) is 0.536. The van der Waals surface area contributed by atoms with E-state index < -0.39 is 11.7 Å². The number of hydrogen-bond donors (Lipinski definition) is 2. The molecule has 0 aromatic heterocycles. The molecule has 2 aliphatic rings. The fraction of sp³-hybridized carbons (Fsp3) is 0.864. The van der Waals surface area contributed by atoms with Gasteiger partial charge in [0.15, 0.2) is 5.78 Å². The Bertz CT molecular complexity index is 485. The first-order valence-corrected chi connectivity index (χ1v) is 10.9. The lowest BCUT2D eigenvalue weighted by Gasteiger charge is -2.26. The maximum absolute atomic E-state index is 12.5. The third kappa shape index (κ3) is 6.11. The fourth-order valence-corrected chi connectivity index (χ4v) is 4.04. The zero-order valence-electron chi connectivity index (χ0n) is 17.6. The molecule has 27 heavy (non-hydrogen) atoms. The smallest absolute Gasteiger partial charge is 0.192 e. The van der Waals surface area contributed by atoms with Crippen molar-refractivity contribution in [3.05, 3.63) is 12.2 Å². The van der Waals surface area contributed by atoms with Crippen molar-refractivity contribution in [1.29, 1.82) is 0 Å². The number of carbonyl (C=O) groups is 1. The summed E-state index contributed by atoms with van der Waals surface area (Å²) in [6.45, 7) is 9.03. The van der Waals surface area contributed by atoms with E-state index >= 15 is 0 Å². The third-order valence-corrected chi connectivity index (χ3v) is 6.27. The highest BCUT2D eigenvalue weighted by molar-refractivity contribution is 5.91. The Kier molecular flexibility index (Phi) is 8.93. The number of hydrogen-bond acceptors (Lipinski definition) is 5. The molecule has 5 heteroatoms. The van der Waals surface area contributed by atoms with Gasteiger partial charge in [0.1, 0.15) is 11.7 Å². The summed E-state index contributed by atoms with van der Waals surface area (Å²) >= 11 is 0. The van der Waals surface area contributed by atoms with Gasteiger partial charge in [0.2, 0.25) is 0 Å². The van der Waals surface area contributed by atoms with Crippen molar-refractivity contribution in [1.82, 2.24) is 5.32 Å². The molecule has 0 spiro atoms. The van der Waals surface area contributed by atoms with Crippen LogP contribution in [0.2, 0.25) is 0 Å². The molecule has 0 saturated carbocycles. The Labute approximate surface area is 164 Å². The van der Waals surface area contributed by atoms with E-state index in [1.165, 1.54) is 0 Å². The normalized spacial score (nSPS) is 29.3. The topological polar surface area (TPSA) is 67.8 Å². The second-order valence-electron chi connectivity index (χ2n) is 8.02. The maximum atomic E-state index is 12.5. The molecule has 4 unspecified atom stereocenters. The molecule has 0 aliphatic carbocycles. The van der Waals surface area contributed by atoms with Crippen LogP contribution < -0.4 is 5.32 Å². The first-order valence-electron chi connectivity index (χ1n) is 10.9. The third-order valence-electron chi connectivity index (χ3n) is 6.27. The number of aliphatic hydroxyl groups is 1. The van der Waals surface area contributed by atoms with Gasteiger partial charge in [-0.2, -0.15) is 0 Å². The van der Waals surface area contributed by atoms with Crippen molar-refractivity contribution in [2.45, 2.75) is 115 Å². The first-order chi connectivity index (χ1) is 13.0. The van der Waals surface area contributed by atoms with Gasteiger partial charge in [-0.1, -0.05) is 39.8 Å². The lowest BCUT2D eigenvalue weighted by Crippen LogP contribution is -2.44. The molecule has 5 nitrogen and oxygen atoms in total. The standard InChI is InChI=1S/C22H39NO4/c1-5-16(6-2)23-15-19-12-11-17(26-19)9-10-18-13-14-20(27-18)21(24)22(25,7-3)8-4/h9-10,16-20,23,25H,5-8,11-15H2,1-4H3. The van der Waals surface area contributed by atoms with Crippen LogP contribution >= 0.6 is 0 Å². The Morgan fingerprint density at radius 1 is 1.04 bits per heavy atom. The van der Waals surface area contributed by atoms with Crippen molar-refractivity contribution in [2.75, 3.05) is 6.54 Å². The van der Waals surface area contributed by atoms with Crippen LogP contribution in [-0.4, -0.2) is 53.5 Å². The zero-order valence-corrected chi connectivity index (χ0v) is 17.6. The molecule has 0 aromatic rings. The van der Waals surface area contributed by atoms with Crippen molar-refractivity contribution >= 4 is 5.78 Å². The monoisotopic (exact) mass is 381 g/mol. The summed E-state index contributed by atoms with van der Waals surface area (Å²) in [4.78, 5) is 12.5. The summed E-state index contributed by atoms with van der Waals surface area (Å²) in [6.07, 6.45) is 10.8. The van der Waals surface area contributed by atoms with E-state index in [2.05, 4.69) is 25.2 Å². The Hall–Kier alpha value is -0.750. The van der Waals surface area contributed by atoms with Gasteiger partial charge in [0, 0.05) is 12.6 Å². The van der Waals surface area contributed by atoms with Crippen LogP contribution in [0.15, 0.2) is 12.2 Å². The fourth-order valence-electron chi connectivity index (χ4n) is 4.04. The minimum absolute atomic E-state index is 0.0535. The number of ether oxygens (including phenoxy) is 2. The highest BCUT2D eigenvalue weighted by Gasteiger charge is 2.41. The van der Waals surface area contributed by atoms with Crippen molar-refractivity contribution in [3.8, 4) is 0 Å². The molecule has 4 atom stereocenters. The predicted molar refractivity (Wildman–Crippen MR) is 108 cm³/mol. The molecule has 2 heterocycles. The summed E-state index contributed by atoms with van der Waals surface area (Å²) < 4.78 is 12.0. The van der Waals surface area contributed by atoms with Crippen LogP contribution in [0.1, 0.15) is 79.1 Å². The van der Waals surface area contributed by atoms with Crippen LogP contribution in [0.4, 0.5) is 0 Å². The summed E-state index contributed by atoms with van der Waals surface area (Å²) in [7, 11) is 0. The van der Waals surface area contributed by atoms with Crippen LogP contribution in [0.3, 0.4) is 0 Å².